The molecule has 3 nitrogen and oxygen atoms in total. The van der Waals surface area contributed by atoms with Crippen LogP contribution in [-0.4, -0.2) is 5.84 Å². The van der Waals surface area contributed by atoms with Crippen LogP contribution in [0.1, 0.15) is 5.56 Å². The summed E-state index contributed by atoms with van der Waals surface area (Å²) in [5.74, 6) is 5.35. The summed E-state index contributed by atoms with van der Waals surface area (Å²) in [6.07, 6.45) is 0. The molecule has 1 aromatic heterocycles. The number of amidine groups is 1. The van der Waals surface area contributed by atoms with Gasteiger partial charge in [-0.3, -0.25) is 0 Å². The summed E-state index contributed by atoms with van der Waals surface area (Å²) in [6.45, 7) is 0. The first kappa shape index (κ1) is 9.02. The molecule has 0 radical (unpaired) electrons. The predicted octanol–water partition coefficient (Wildman–Crippen LogP) is 1.85. The number of rotatable bonds is 1. The van der Waals surface area contributed by atoms with E-state index >= 15 is 0 Å². The fourth-order valence-electron chi connectivity index (χ4n) is 0.584. The van der Waals surface area contributed by atoms with Crippen LogP contribution in [0.5, 0.6) is 0 Å². The van der Waals surface area contributed by atoms with Crippen LogP contribution < -0.4 is 11.6 Å². The Hall–Kier alpha value is -0.0700. The van der Waals surface area contributed by atoms with Crippen LogP contribution in [0.4, 0.5) is 0 Å². The summed E-state index contributed by atoms with van der Waals surface area (Å²) in [7, 11) is 0. The number of nitrogens with zero attached hydrogens (tertiary/aromatic N) is 1. The Morgan fingerprint density at radius 3 is 2.55 bits per heavy atom. The molecule has 0 saturated heterocycles. The Kier molecular flexibility index (Phi) is 2.91. The number of hydrazone groups is 1. The van der Waals surface area contributed by atoms with Gasteiger partial charge in [0, 0.05) is 5.56 Å². The van der Waals surface area contributed by atoms with Crippen molar-refractivity contribution in [2.45, 2.75) is 0 Å². The van der Waals surface area contributed by atoms with E-state index in [1.54, 1.807) is 0 Å². The summed E-state index contributed by atoms with van der Waals surface area (Å²) >= 11 is 8.18. The highest BCUT2D eigenvalue weighted by molar-refractivity contribution is 9.12. The van der Waals surface area contributed by atoms with Crippen molar-refractivity contribution in [3.63, 3.8) is 0 Å². The molecule has 0 atom stereocenters. The van der Waals surface area contributed by atoms with E-state index < -0.39 is 0 Å². The first-order chi connectivity index (χ1) is 5.15. The van der Waals surface area contributed by atoms with Gasteiger partial charge in [0.05, 0.1) is 7.57 Å². The minimum Gasteiger partial charge on any atom is -0.382 e. The van der Waals surface area contributed by atoms with E-state index in [1.165, 1.54) is 11.3 Å². The topological polar surface area (TPSA) is 64.4 Å². The second kappa shape index (κ2) is 3.55. The zero-order valence-corrected chi connectivity index (χ0v) is 9.33. The van der Waals surface area contributed by atoms with Crippen molar-refractivity contribution in [1.29, 1.82) is 0 Å². The molecule has 0 fully saturated rings. The molecule has 0 spiro atoms. The second-order valence-electron chi connectivity index (χ2n) is 1.75. The van der Waals surface area contributed by atoms with Crippen molar-refractivity contribution in [2.75, 3.05) is 0 Å². The van der Waals surface area contributed by atoms with Gasteiger partial charge in [-0.2, -0.15) is 5.10 Å². The SMILES string of the molecule is N/N=C(/N)c1cc(Br)sc1Br. The number of hydrogen-bond acceptors (Lipinski definition) is 3. The smallest absolute Gasteiger partial charge is 0.152 e. The van der Waals surface area contributed by atoms with E-state index in [4.69, 9.17) is 11.6 Å². The average Bonchev–Trinajstić information content (AvgIpc) is 2.28. The minimum atomic E-state index is 0.332. The van der Waals surface area contributed by atoms with Crippen LogP contribution in [0.25, 0.3) is 0 Å². The molecule has 0 aliphatic carbocycles. The lowest BCUT2D eigenvalue weighted by molar-refractivity contribution is 1.23. The van der Waals surface area contributed by atoms with Crippen LogP contribution in [0.15, 0.2) is 18.7 Å². The molecule has 1 rings (SSSR count). The monoisotopic (exact) mass is 297 g/mol. The molecule has 4 N–H and O–H groups in total. The lowest BCUT2D eigenvalue weighted by atomic mass is 10.3. The van der Waals surface area contributed by atoms with Gasteiger partial charge >= 0.3 is 0 Å². The van der Waals surface area contributed by atoms with E-state index in [2.05, 4.69) is 37.0 Å². The van der Waals surface area contributed by atoms with E-state index in [-0.39, 0.29) is 0 Å². The fourth-order valence-corrected chi connectivity index (χ4v) is 3.41. The first-order valence-corrected chi connectivity index (χ1v) is 5.04. The van der Waals surface area contributed by atoms with Gasteiger partial charge in [0.15, 0.2) is 5.84 Å². The Morgan fingerprint density at radius 2 is 2.18 bits per heavy atom. The van der Waals surface area contributed by atoms with Crippen LogP contribution in [0.2, 0.25) is 0 Å². The predicted molar refractivity (Wildman–Crippen MR) is 54.6 cm³/mol. The van der Waals surface area contributed by atoms with Crippen LogP contribution in [-0.2, 0) is 0 Å². The van der Waals surface area contributed by atoms with Crippen molar-refractivity contribution in [1.82, 2.24) is 0 Å². The third-order valence-electron chi connectivity index (χ3n) is 1.07. The van der Waals surface area contributed by atoms with E-state index in [0.29, 0.717) is 5.84 Å². The molecule has 1 aromatic rings. The third-order valence-corrected chi connectivity index (χ3v) is 3.41. The largest absolute Gasteiger partial charge is 0.382 e. The molecule has 60 valence electrons. The molecule has 0 amide bonds. The van der Waals surface area contributed by atoms with E-state index in [1.807, 2.05) is 6.07 Å². The summed E-state index contributed by atoms with van der Waals surface area (Å²) in [4.78, 5) is 0. The van der Waals surface area contributed by atoms with Crippen LogP contribution >= 0.6 is 43.2 Å². The standard InChI is InChI=1S/C5H5Br2N3S/c6-3-1-2(4(7)11-3)5(8)10-9/h1H,9H2,(H2,8,10). The molecule has 0 bridgehead atoms. The summed E-state index contributed by atoms with van der Waals surface area (Å²) in [6, 6.07) is 1.86. The van der Waals surface area contributed by atoms with Gasteiger partial charge < -0.3 is 11.6 Å². The Balaban J connectivity index is 3.13. The zero-order chi connectivity index (χ0) is 8.43. The van der Waals surface area contributed by atoms with Crippen LogP contribution in [0.3, 0.4) is 0 Å². The fraction of sp³-hybridized carbons (Fsp3) is 0. The van der Waals surface area contributed by atoms with Gasteiger partial charge in [-0.05, 0) is 37.9 Å². The highest BCUT2D eigenvalue weighted by atomic mass is 79.9. The molecule has 0 unspecified atom stereocenters. The minimum absolute atomic E-state index is 0.332. The van der Waals surface area contributed by atoms with Gasteiger partial charge in [-0.15, -0.1) is 11.3 Å². The molecule has 0 aliphatic rings. The van der Waals surface area contributed by atoms with Crippen molar-refractivity contribution in [3.8, 4) is 0 Å². The molecule has 6 heteroatoms. The third kappa shape index (κ3) is 1.94. The average molecular weight is 299 g/mol. The van der Waals surface area contributed by atoms with Crippen molar-refractivity contribution >= 4 is 49.0 Å². The Bertz CT molecular complexity index is 294. The Morgan fingerprint density at radius 1 is 1.55 bits per heavy atom. The number of hydrogen-bond donors (Lipinski definition) is 2. The number of halogens is 2. The van der Waals surface area contributed by atoms with Gasteiger partial charge in [0.25, 0.3) is 0 Å². The molecule has 0 saturated carbocycles. The molecular weight excluding hydrogens is 294 g/mol. The molecular formula is C5H5Br2N3S. The van der Waals surface area contributed by atoms with E-state index in [9.17, 15) is 0 Å². The maximum atomic E-state index is 5.49. The van der Waals surface area contributed by atoms with Crippen molar-refractivity contribution in [2.24, 2.45) is 16.7 Å². The highest BCUT2D eigenvalue weighted by Crippen LogP contribution is 2.31. The molecule has 0 aromatic carbocycles. The highest BCUT2D eigenvalue weighted by Gasteiger charge is 2.07. The zero-order valence-electron chi connectivity index (χ0n) is 5.34. The first-order valence-electron chi connectivity index (χ1n) is 2.63. The number of thiophene rings is 1. The lowest BCUT2D eigenvalue weighted by Gasteiger charge is -1.92. The number of nitrogens with two attached hydrogens (primary N) is 2. The van der Waals surface area contributed by atoms with Gasteiger partial charge in [-0.25, -0.2) is 0 Å². The van der Waals surface area contributed by atoms with Gasteiger partial charge in [-0.1, -0.05) is 0 Å². The molecule has 11 heavy (non-hydrogen) atoms. The van der Waals surface area contributed by atoms with Crippen LogP contribution in [0, 0.1) is 0 Å². The summed E-state index contributed by atoms with van der Waals surface area (Å²) < 4.78 is 1.92. The second-order valence-corrected chi connectivity index (χ2v) is 5.50. The maximum Gasteiger partial charge on any atom is 0.152 e. The van der Waals surface area contributed by atoms with E-state index in [0.717, 1.165) is 13.1 Å². The summed E-state index contributed by atoms with van der Waals surface area (Å²) in [5, 5.41) is 3.38. The normalized spacial score (nSPS) is 12.0. The summed E-state index contributed by atoms with van der Waals surface area (Å²) in [5.41, 5.74) is 6.31. The molecule has 1 heterocycles. The maximum absolute atomic E-state index is 5.49. The van der Waals surface area contributed by atoms with Gasteiger partial charge in [0.2, 0.25) is 0 Å². The van der Waals surface area contributed by atoms with Crippen molar-refractivity contribution < 1.29 is 0 Å². The van der Waals surface area contributed by atoms with Gasteiger partial charge in [0.1, 0.15) is 0 Å². The molecule has 0 aliphatic heterocycles. The quantitative estimate of drug-likeness (QED) is 0.360. The lowest BCUT2D eigenvalue weighted by Crippen LogP contribution is -2.14. The van der Waals surface area contributed by atoms with Crippen molar-refractivity contribution in [3.05, 3.63) is 19.2 Å². The Labute approximate surface area is 84.7 Å².